The van der Waals surface area contributed by atoms with E-state index in [1.54, 1.807) is 30.9 Å². The highest BCUT2D eigenvalue weighted by Gasteiger charge is 2.39. The maximum Gasteiger partial charge on any atom is 0.451 e. The number of amides is 1. The number of piperidine rings is 1. The molecule has 2 aromatic rings. The molecule has 0 N–H and O–H groups in total. The molecule has 1 fully saturated rings. The van der Waals surface area contributed by atoms with Gasteiger partial charge in [-0.3, -0.25) is 9.36 Å². The fourth-order valence-corrected chi connectivity index (χ4v) is 4.72. The van der Waals surface area contributed by atoms with Crippen LogP contribution >= 0.6 is 0 Å². The fourth-order valence-electron chi connectivity index (χ4n) is 3.66. The van der Waals surface area contributed by atoms with Crippen LogP contribution in [-0.4, -0.2) is 51.9 Å². The Morgan fingerprint density at radius 2 is 1.72 bits per heavy atom. The highest BCUT2D eigenvalue weighted by molar-refractivity contribution is 7.92. The molecule has 0 aliphatic carbocycles. The van der Waals surface area contributed by atoms with E-state index in [-0.39, 0.29) is 30.3 Å². The van der Waals surface area contributed by atoms with Gasteiger partial charge >= 0.3 is 11.9 Å². The number of alkyl halides is 3. The largest absolute Gasteiger partial charge is 0.451 e. The summed E-state index contributed by atoms with van der Waals surface area (Å²) in [5.41, 5.74) is -0.172. The Hall–Kier alpha value is -2.63. The van der Waals surface area contributed by atoms with Crippen molar-refractivity contribution in [1.82, 2.24) is 19.2 Å². The summed E-state index contributed by atoms with van der Waals surface area (Å²) in [6.07, 6.45) is -4.02. The van der Waals surface area contributed by atoms with Crippen LogP contribution in [-0.2, 0) is 34.3 Å². The molecule has 0 atom stereocenters. The summed E-state index contributed by atoms with van der Waals surface area (Å²) in [7, 11) is -2.36. The first-order valence-corrected chi connectivity index (χ1v) is 11.7. The minimum Gasteiger partial charge on any atom is -0.342 e. The monoisotopic (exact) mass is 474 g/mol. The molecule has 3 rings (SSSR count). The third-order valence-electron chi connectivity index (χ3n) is 5.65. The lowest BCUT2D eigenvalue weighted by Gasteiger charge is -2.31. The number of aromatic nitrogens is 3. The zero-order valence-electron chi connectivity index (χ0n) is 18.0. The van der Waals surface area contributed by atoms with E-state index in [0.29, 0.717) is 23.0 Å². The van der Waals surface area contributed by atoms with Crippen LogP contribution in [0.4, 0.5) is 13.2 Å². The molecule has 1 aromatic heterocycles. The van der Waals surface area contributed by atoms with Crippen molar-refractivity contribution in [3.05, 3.63) is 46.1 Å². The van der Waals surface area contributed by atoms with Gasteiger partial charge in [-0.25, -0.2) is 17.9 Å². The number of carbonyl (C=O) groups excluding carboxylic acids is 1. The highest BCUT2D eigenvalue weighted by atomic mass is 32.2. The summed E-state index contributed by atoms with van der Waals surface area (Å²) >= 11 is 0. The van der Waals surface area contributed by atoms with Crippen LogP contribution in [0.1, 0.15) is 44.1 Å². The van der Waals surface area contributed by atoms with E-state index in [0.717, 1.165) is 11.7 Å². The van der Waals surface area contributed by atoms with Gasteiger partial charge in [-0.05, 0) is 44.4 Å². The Morgan fingerprint density at radius 1 is 1.16 bits per heavy atom. The van der Waals surface area contributed by atoms with Gasteiger partial charge in [0.2, 0.25) is 11.7 Å². The van der Waals surface area contributed by atoms with E-state index in [2.05, 4.69) is 5.10 Å². The van der Waals surface area contributed by atoms with Crippen molar-refractivity contribution in [3.63, 3.8) is 0 Å². The molecule has 12 heteroatoms. The van der Waals surface area contributed by atoms with Crippen molar-refractivity contribution in [2.45, 2.75) is 55.5 Å². The van der Waals surface area contributed by atoms with Gasteiger partial charge in [0.05, 0.1) is 22.6 Å². The standard InChI is InChI=1S/C20H25F3N4O4S/c1-13(2)32(30,31)16-6-4-14(5-7-16)12-17(28)26-10-8-15(9-11-26)27-19(29)25(3)18(24-27)20(21,22)23/h4-7,13,15H,8-12H2,1-3H3. The Labute approximate surface area is 183 Å². The summed E-state index contributed by atoms with van der Waals surface area (Å²) in [5.74, 6) is -1.42. The summed E-state index contributed by atoms with van der Waals surface area (Å²) in [4.78, 5) is 26.6. The molecule has 2 heterocycles. The van der Waals surface area contributed by atoms with E-state index in [4.69, 9.17) is 0 Å². The molecular formula is C20H25F3N4O4S. The van der Waals surface area contributed by atoms with Crippen LogP contribution in [0, 0.1) is 0 Å². The van der Waals surface area contributed by atoms with E-state index >= 15 is 0 Å². The number of rotatable bonds is 5. The van der Waals surface area contributed by atoms with Crippen LogP contribution in [0.5, 0.6) is 0 Å². The number of benzene rings is 1. The number of likely N-dealkylation sites (tertiary alicyclic amines) is 1. The van der Waals surface area contributed by atoms with Crippen LogP contribution in [0.3, 0.4) is 0 Å². The molecule has 1 aliphatic heterocycles. The number of halogens is 3. The summed E-state index contributed by atoms with van der Waals surface area (Å²) in [6.45, 7) is 3.76. The topological polar surface area (TPSA) is 94.3 Å². The molecule has 0 radical (unpaired) electrons. The van der Waals surface area contributed by atoms with Gasteiger partial charge < -0.3 is 4.90 Å². The van der Waals surface area contributed by atoms with Gasteiger partial charge in [0.1, 0.15) is 0 Å². The van der Waals surface area contributed by atoms with E-state index in [1.165, 1.54) is 12.1 Å². The van der Waals surface area contributed by atoms with Gasteiger partial charge in [0, 0.05) is 20.1 Å². The molecule has 0 bridgehead atoms. The number of hydrogen-bond donors (Lipinski definition) is 0. The van der Waals surface area contributed by atoms with E-state index < -0.39 is 38.8 Å². The first-order valence-electron chi connectivity index (χ1n) is 10.2. The smallest absolute Gasteiger partial charge is 0.342 e. The second kappa shape index (κ2) is 8.72. The predicted octanol–water partition coefficient (Wildman–Crippen LogP) is 2.19. The summed E-state index contributed by atoms with van der Waals surface area (Å²) in [6, 6.07) is 5.65. The highest BCUT2D eigenvalue weighted by Crippen LogP contribution is 2.28. The first-order chi connectivity index (χ1) is 14.8. The van der Waals surface area contributed by atoms with Gasteiger partial charge in [-0.15, -0.1) is 5.10 Å². The van der Waals surface area contributed by atoms with Gasteiger partial charge in [-0.2, -0.15) is 13.2 Å². The lowest BCUT2D eigenvalue weighted by Crippen LogP contribution is -2.41. The van der Waals surface area contributed by atoms with E-state index in [9.17, 15) is 31.2 Å². The Kier molecular flexibility index (Phi) is 6.55. The normalized spacial score (nSPS) is 16.0. The number of nitrogens with zero attached hydrogens (tertiary/aromatic N) is 4. The summed E-state index contributed by atoms with van der Waals surface area (Å²) < 4.78 is 64.7. The molecule has 1 aliphatic rings. The molecular weight excluding hydrogens is 449 g/mol. The van der Waals surface area contributed by atoms with Gasteiger partial charge in [-0.1, -0.05) is 12.1 Å². The maximum absolute atomic E-state index is 13.0. The first kappa shape index (κ1) is 24.0. The second-order valence-electron chi connectivity index (χ2n) is 8.13. The van der Waals surface area contributed by atoms with E-state index in [1.807, 2.05) is 0 Å². The molecule has 1 amide bonds. The molecule has 0 unspecified atom stereocenters. The summed E-state index contributed by atoms with van der Waals surface area (Å²) in [5, 5.41) is 2.93. The second-order valence-corrected chi connectivity index (χ2v) is 10.6. The zero-order chi connectivity index (χ0) is 23.8. The van der Waals surface area contributed by atoms with Crippen LogP contribution in [0.15, 0.2) is 34.0 Å². The Morgan fingerprint density at radius 3 is 2.19 bits per heavy atom. The number of carbonyl (C=O) groups is 1. The SMILES string of the molecule is CC(C)S(=O)(=O)c1ccc(CC(=O)N2CCC(n3nc(C(F)(F)F)n(C)c3=O)CC2)cc1. The van der Waals surface area contributed by atoms with Crippen LogP contribution < -0.4 is 5.69 Å². The molecule has 1 saturated heterocycles. The van der Waals surface area contributed by atoms with Crippen molar-refractivity contribution < 1.29 is 26.4 Å². The molecule has 32 heavy (non-hydrogen) atoms. The minimum atomic E-state index is -4.72. The quantitative estimate of drug-likeness (QED) is 0.662. The lowest BCUT2D eigenvalue weighted by molar-refractivity contribution is -0.147. The van der Waals surface area contributed by atoms with Crippen LogP contribution in [0.2, 0.25) is 0 Å². The molecule has 0 saturated carbocycles. The van der Waals surface area contributed by atoms with Crippen LogP contribution in [0.25, 0.3) is 0 Å². The fraction of sp³-hybridized carbons (Fsp3) is 0.550. The average Bonchev–Trinajstić information content (AvgIpc) is 3.03. The van der Waals surface area contributed by atoms with Gasteiger partial charge in [0.15, 0.2) is 9.84 Å². The zero-order valence-corrected chi connectivity index (χ0v) is 18.8. The van der Waals surface area contributed by atoms with Crippen molar-refractivity contribution in [2.75, 3.05) is 13.1 Å². The molecule has 1 aromatic carbocycles. The van der Waals surface area contributed by atoms with Crippen molar-refractivity contribution in [1.29, 1.82) is 0 Å². The lowest BCUT2D eigenvalue weighted by atomic mass is 10.0. The van der Waals surface area contributed by atoms with Gasteiger partial charge in [0.25, 0.3) is 0 Å². The third-order valence-corrected chi connectivity index (χ3v) is 7.82. The predicted molar refractivity (Wildman–Crippen MR) is 110 cm³/mol. The average molecular weight is 475 g/mol. The van der Waals surface area contributed by atoms with Crippen molar-refractivity contribution in [3.8, 4) is 0 Å². The number of sulfone groups is 1. The molecule has 176 valence electrons. The third kappa shape index (κ3) is 4.74. The minimum absolute atomic E-state index is 0.0778. The molecule has 8 nitrogen and oxygen atoms in total. The van der Waals surface area contributed by atoms with Crippen molar-refractivity contribution >= 4 is 15.7 Å². The van der Waals surface area contributed by atoms with Crippen molar-refractivity contribution in [2.24, 2.45) is 7.05 Å². The maximum atomic E-state index is 13.0. The molecule has 0 spiro atoms. The number of hydrogen-bond acceptors (Lipinski definition) is 5. The Bertz CT molecular complexity index is 1140. The Balaban J connectivity index is 1.63.